The largest absolute Gasteiger partial charge is 0.395 e. The molecule has 1 aliphatic rings. The minimum Gasteiger partial charge on any atom is -0.395 e. The van der Waals surface area contributed by atoms with Gasteiger partial charge in [-0.1, -0.05) is 31.2 Å². The molecule has 3 nitrogen and oxygen atoms in total. The first-order valence-electron chi connectivity index (χ1n) is 7.97. The highest BCUT2D eigenvalue weighted by molar-refractivity contribution is 5.27. The third-order valence-corrected chi connectivity index (χ3v) is 4.13. The molecule has 0 amide bonds. The van der Waals surface area contributed by atoms with Crippen LogP contribution in [0.2, 0.25) is 0 Å². The smallest absolute Gasteiger partial charge is 0.0585 e. The zero-order valence-electron chi connectivity index (χ0n) is 12.6. The summed E-state index contributed by atoms with van der Waals surface area (Å²) in [5, 5.41) is 12.8. The van der Waals surface area contributed by atoms with Gasteiger partial charge in [-0.05, 0) is 49.9 Å². The molecule has 0 radical (unpaired) electrons. The number of nitrogens with zero attached hydrogens (tertiary/aromatic N) is 1. The molecule has 0 aliphatic carbocycles. The van der Waals surface area contributed by atoms with Gasteiger partial charge in [-0.25, -0.2) is 0 Å². The first-order chi connectivity index (χ1) is 9.83. The monoisotopic (exact) mass is 276 g/mol. The fourth-order valence-corrected chi connectivity index (χ4v) is 2.90. The van der Waals surface area contributed by atoms with E-state index in [2.05, 4.69) is 41.4 Å². The minimum absolute atomic E-state index is 0.241. The van der Waals surface area contributed by atoms with E-state index in [1.807, 2.05) is 0 Å². The van der Waals surface area contributed by atoms with E-state index < -0.39 is 0 Å². The molecule has 20 heavy (non-hydrogen) atoms. The summed E-state index contributed by atoms with van der Waals surface area (Å²) >= 11 is 0. The van der Waals surface area contributed by atoms with E-state index in [0.29, 0.717) is 0 Å². The fourth-order valence-electron chi connectivity index (χ4n) is 2.90. The van der Waals surface area contributed by atoms with Crippen molar-refractivity contribution in [2.24, 2.45) is 0 Å². The molecule has 1 unspecified atom stereocenters. The van der Waals surface area contributed by atoms with E-state index >= 15 is 0 Å². The Bertz CT molecular complexity index is 394. The summed E-state index contributed by atoms with van der Waals surface area (Å²) in [6, 6.07) is 9.05. The van der Waals surface area contributed by atoms with E-state index in [-0.39, 0.29) is 12.6 Å². The summed E-state index contributed by atoms with van der Waals surface area (Å²) in [6.07, 6.45) is 4.58. The topological polar surface area (TPSA) is 35.5 Å². The summed E-state index contributed by atoms with van der Waals surface area (Å²) < 4.78 is 0. The number of rotatable bonds is 7. The van der Waals surface area contributed by atoms with Crippen molar-refractivity contribution in [2.45, 2.75) is 45.2 Å². The highest BCUT2D eigenvalue weighted by atomic mass is 16.3. The van der Waals surface area contributed by atoms with Crippen LogP contribution in [0.3, 0.4) is 0 Å². The van der Waals surface area contributed by atoms with Crippen LogP contribution in [0.5, 0.6) is 0 Å². The maximum absolute atomic E-state index is 9.41. The average Bonchev–Trinajstić information content (AvgIpc) is 2.69. The fraction of sp³-hybridized carbons (Fsp3) is 0.647. The summed E-state index contributed by atoms with van der Waals surface area (Å²) in [6.45, 7) is 6.69. The Morgan fingerprint density at radius 3 is 2.85 bits per heavy atom. The Kier molecular flexibility index (Phi) is 6.51. The average molecular weight is 276 g/mol. The molecule has 1 heterocycles. The van der Waals surface area contributed by atoms with Crippen LogP contribution in [0, 0.1) is 0 Å². The van der Waals surface area contributed by atoms with Gasteiger partial charge in [0.05, 0.1) is 6.61 Å². The Morgan fingerprint density at radius 2 is 2.10 bits per heavy atom. The molecule has 112 valence electrons. The molecule has 1 aromatic carbocycles. The number of hydrogen-bond donors (Lipinski definition) is 2. The zero-order valence-corrected chi connectivity index (χ0v) is 12.6. The zero-order chi connectivity index (χ0) is 14.2. The molecule has 1 aliphatic heterocycles. The standard InChI is InChI=1S/C17H28N2O/c1-2-10-18-17(14-20)9-12-19-11-5-8-15-6-3-4-7-16(15)13-19/h3-4,6-7,17-18,20H,2,5,8-14H2,1H3. The van der Waals surface area contributed by atoms with Gasteiger partial charge in [0.1, 0.15) is 0 Å². The van der Waals surface area contributed by atoms with Crippen LogP contribution < -0.4 is 5.32 Å². The number of aliphatic hydroxyl groups is 1. The molecular weight excluding hydrogens is 248 g/mol. The number of aliphatic hydroxyl groups excluding tert-OH is 1. The SMILES string of the molecule is CCCNC(CO)CCN1CCCc2ccccc2C1. The quantitative estimate of drug-likeness (QED) is 0.801. The van der Waals surface area contributed by atoms with Crippen molar-refractivity contribution in [3.63, 3.8) is 0 Å². The van der Waals surface area contributed by atoms with Crippen LogP contribution in [-0.4, -0.2) is 42.3 Å². The second-order valence-electron chi connectivity index (χ2n) is 5.77. The molecule has 0 aromatic heterocycles. The van der Waals surface area contributed by atoms with Crippen LogP contribution in [0.15, 0.2) is 24.3 Å². The molecule has 0 bridgehead atoms. The number of benzene rings is 1. The first kappa shape index (κ1) is 15.5. The second-order valence-corrected chi connectivity index (χ2v) is 5.77. The van der Waals surface area contributed by atoms with Crippen LogP contribution in [-0.2, 0) is 13.0 Å². The summed E-state index contributed by atoms with van der Waals surface area (Å²) in [7, 11) is 0. The predicted molar refractivity (Wildman–Crippen MR) is 83.8 cm³/mol. The summed E-state index contributed by atoms with van der Waals surface area (Å²) in [4.78, 5) is 2.53. The Hall–Kier alpha value is -0.900. The van der Waals surface area contributed by atoms with E-state index in [1.165, 1.54) is 30.5 Å². The maximum Gasteiger partial charge on any atom is 0.0585 e. The van der Waals surface area contributed by atoms with E-state index in [9.17, 15) is 5.11 Å². The van der Waals surface area contributed by atoms with Crippen molar-refractivity contribution in [1.82, 2.24) is 10.2 Å². The van der Waals surface area contributed by atoms with Crippen molar-refractivity contribution in [3.05, 3.63) is 35.4 Å². The van der Waals surface area contributed by atoms with Crippen LogP contribution in [0.4, 0.5) is 0 Å². The Morgan fingerprint density at radius 1 is 1.30 bits per heavy atom. The van der Waals surface area contributed by atoms with Crippen molar-refractivity contribution in [3.8, 4) is 0 Å². The number of aryl methyl sites for hydroxylation is 1. The molecule has 1 atom stereocenters. The molecule has 0 saturated carbocycles. The highest BCUT2D eigenvalue weighted by Gasteiger charge is 2.15. The van der Waals surface area contributed by atoms with Crippen molar-refractivity contribution in [1.29, 1.82) is 0 Å². The normalized spacial score (nSPS) is 17.5. The molecule has 0 spiro atoms. The molecular formula is C17H28N2O. The lowest BCUT2D eigenvalue weighted by Crippen LogP contribution is -2.37. The lowest BCUT2D eigenvalue weighted by molar-refractivity contribution is 0.203. The third-order valence-electron chi connectivity index (χ3n) is 4.13. The lowest BCUT2D eigenvalue weighted by atomic mass is 10.0. The van der Waals surface area contributed by atoms with Gasteiger partial charge in [0.15, 0.2) is 0 Å². The van der Waals surface area contributed by atoms with Crippen molar-refractivity contribution < 1.29 is 5.11 Å². The van der Waals surface area contributed by atoms with Gasteiger partial charge in [-0.3, -0.25) is 4.90 Å². The van der Waals surface area contributed by atoms with E-state index in [1.54, 1.807) is 0 Å². The van der Waals surface area contributed by atoms with Gasteiger partial charge >= 0.3 is 0 Å². The first-order valence-corrected chi connectivity index (χ1v) is 7.97. The molecule has 2 N–H and O–H groups in total. The van der Waals surface area contributed by atoms with E-state index in [0.717, 1.165) is 32.5 Å². The van der Waals surface area contributed by atoms with Crippen LogP contribution >= 0.6 is 0 Å². The molecule has 2 rings (SSSR count). The number of hydrogen-bond acceptors (Lipinski definition) is 3. The predicted octanol–water partition coefficient (Wildman–Crippen LogP) is 2.19. The Balaban J connectivity index is 1.84. The molecule has 0 saturated heterocycles. The highest BCUT2D eigenvalue weighted by Crippen LogP contribution is 2.18. The van der Waals surface area contributed by atoms with Crippen LogP contribution in [0.25, 0.3) is 0 Å². The maximum atomic E-state index is 9.41. The summed E-state index contributed by atoms with van der Waals surface area (Å²) in [5.41, 5.74) is 2.99. The van der Waals surface area contributed by atoms with Crippen LogP contribution in [0.1, 0.15) is 37.3 Å². The molecule has 0 fully saturated rings. The Labute approximate surface area is 123 Å². The van der Waals surface area contributed by atoms with Gasteiger partial charge in [0.2, 0.25) is 0 Å². The van der Waals surface area contributed by atoms with Crippen molar-refractivity contribution >= 4 is 0 Å². The van der Waals surface area contributed by atoms with Crippen molar-refractivity contribution in [2.75, 3.05) is 26.2 Å². The second kappa shape index (κ2) is 8.40. The molecule has 1 aromatic rings. The number of fused-ring (bicyclic) bond motifs is 1. The van der Waals surface area contributed by atoms with Gasteiger partial charge < -0.3 is 10.4 Å². The van der Waals surface area contributed by atoms with Gasteiger partial charge in [0.25, 0.3) is 0 Å². The van der Waals surface area contributed by atoms with Gasteiger partial charge in [-0.15, -0.1) is 0 Å². The van der Waals surface area contributed by atoms with Gasteiger partial charge in [-0.2, -0.15) is 0 Å². The van der Waals surface area contributed by atoms with E-state index in [4.69, 9.17) is 0 Å². The lowest BCUT2D eigenvalue weighted by Gasteiger charge is -2.23. The number of nitrogens with one attached hydrogen (secondary N) is 1. The molecule has 3 heteroatoms. The third kappa shape index (κ3) is 4.58. The summed E-state index contributed by atoms with van der Waals surface area (Å²) in [5.74, 6) is 0. The van der Waals surface area contributed by atoms with Gasteiger partial charge in [0, 0.05) is 19.1 Å². The minimum atomic E-state index is 0.241.